The highest BCUT2D eigenvalue weighted by molar-refractivity contribution is 5.27. The molecule has 2 atom stereocenters. The molecule has 1 saturated carbocycles. The minimum absolute atomic E-state index is 0.295. The minimum atomic E-state index is 0.295. The van der Waals surface area contributed by atoms with E-state index in [1.54, 1.807) is 0 Å². The van der Waals surface area contributed by atoms with Gasteiger partial charge in [-0.25, -0.2) is 0 Å². The number of piperidine rings is 1. The second-order valence-electron chi connectivity index (χ2n) is 6.28. The first-order valence-electron chi connectivity index (χ1n) is 7.98. The van der Waals surface area contributed by atoms with Crippen molar-refractivity contribution in [3.8, 4) is 0 Å². The van der Waals surface area contributed by atoms with Crippen molar-refractivity contribution in [1.29, 1.82) is 0 Å². The van der Waals surface area contributed by atoms with Crippen molar-refractivity contribution < 1.29 is 5.11 Å². The molecule has 2 aliphatic rings. The van der Waals surface area contributed by atoms with Crippen LogP contribution in [-0.2, 0) is 0 Å². The molecule has 0 bridgehead atoms. The van der Waals surface area contributed by atoms with E-state index in [4.69, 9.17) is 5.11 Å². The zero-order valence-electron chi connectivity index (χ0n) is 12.2. The van der Waals surface area contributed by atoms with E-state index in [1.165, 1.54) is 31.4 Å². The average molecular weight is 274 g/mol. The van der Waals surface area contributed by atoms with Crippen molar-refractivity contribution in [3.05, 3.63) is 35.9 Å². The number of nitrogens with zero attached hydrogens (tertiary/aromatic N) is 1. The number of rotatable bonds is 6. The van der Waals surface area contributed by atoms with E-state index in [0.29, 0.717) is 12.6 Å². The first-order chi connectivity index (χ1) is 9.86. The Morgan fingerprint density at radius 1 is 1.15 bits per heavy atom. The Bertz CT molecular complexity index is 401. The van der Waals surface area contributed by atoms with Crippen molar-refractivity contribution in [2.75, 3.05) is 32.8 Å². The number of benzene rings is 1. The van der Waals surface area contributed by atoms with E-state index in [9.17, 15) is 0 Å². The minimum Gasteiger partial charge on any atom is -0.395 e. The zero-order valence-corrected chi connectivity index (χ0v) is 12.2. The van der Waals surface area contributed by atoms with Gasteiger partial charge < -0.3 is 15.3 Å². The lowest BCUT2D eigenvalue weighted by molar-refractivity contribution is 0.146. The van der Waals surface area contributed by atoms with Crippen LogP contribution in [0, 0.1) is 5.92 Å². The lowest BCUT2D eigenvalue weighted by atomic mass is 9.97. The van der Waals surface area contributed by atoms with Crippen molar-refractivity contribution >= 4 is 0 Å². The lowest BCUT2D eigenvalue weighted by Crippen LogP contribution is -2.39. The van der Waals surface area contributed by atoms with Crippen molar-refractivity contribution in [3.63, 3.8) is 0 Å². The summed E-state index contributed by atoms with van der Waals surface area (Å²) >= 11 is 0. The summed E-state index contributed by atoms with van der Waals surface area (Å²) in [4.78, 5) is 2.38. The van der Waals surface area contributed by atoms with Crippen molar-refractivity contribution in [2.24, 2.45) is 5.92 Å². The van der Waals surface area contributed by atoms with Gasteiger partial charge in [0.15, 0.2) is 0 Å². The molecule has 3 rings (SSSR count). The molecule has 0 aromatic heterocycles. The molecule has 0 spiro atoms. The fourth-order valence-corrected chi connectivity index (χ4v) is 3.36. The van der Waals surface area contributed by atoms with Gasteiger partial charge in [0.05, 0.1) is 6.61 Å². The third-order valence-corrected chi connectivity index (χ3v) is 4.81. The molecule has 0 radical (unpaired) electrons. The summed E-state index contributed by atoms with van der Waals surface area (Å²) < 4.78 is 0. The molecule has 20 heavy (non-hydrogen) atoms. The second-order valence-corrected chi connectivity index (χ2v) is 6.28. The number of aliphatic hydroxyl groups is 1. The summed E-state index contributed by atoms with van der Waals surface area (Å²) in [6.45, 7) is 4.61. The summed E-state index contributed by atoms with van der Waals surface area (Å²) in [6.07, 6.45) is 3.85. The van der Waals surface area contributed by atoms with Crippen LogP contribution in [0.25, 0.3) is 0 Å². The van der Waals surface area contributed by atoms with Gasteiger partial charge in [-0.1, -0.05) is 30.3 Å². The Kier molecular flexibility index (Phi) is 4.71. The summed E-state index contributed by atoms with van der Waals surface area (Å²) in [5, 5.41) is 12.7. The molecule has 1 aliphatic heterocycles. The standard InChI is InChI=1S/C17H26N2O/c20-11-10-19-8-6-14(7-9-19)13-18-17-12-16(17)15-4-2-1-3-5-15/h1-5,14,16-18,20H,6-13H2/t16-,17+/m0/s1. The molecule has 1 heterocycles. The predicted molar refractivity (Wildman–Crippen MR) is 81.8 cm³/mol. The van der Waals surface area contributed by atoms with E-state index < -0.39 is 0 Å². The van der Waals surface area contributed by atoms with Gasteiger partial charge in [-0.3, -0.25) is 0 Å². The SMILES string of the molecule is OCCN1CCC(CN[C@@H]2C[C@H]2c2ccccc2)CC1. The van der Waals surface area contributed by atoms with Gasteiger partial charge >= 0.3 is 0 Å². The number of β-amino-alcohol motifs (C(OH)–C–C–N with tert-alkyl or cyclic N) is 1. The monoisotopic (exact) mass is 274 g/mol. The van der Waals surface area contributed by atoms with E-state index >= 15 is 0 Å². The van der Waals surface area contributed by atoms with Gasteiger partial charge in [0.25, 0.3) is 0 Å². The maximum atomic E-state index is 8.95. The zero-order chi connectivity index (χ0) is 13.8. The summed E-state index contributed by atoms with van der Waals surface area (Å²) in [6, 6.07) is 11.6. The van der Waals surface area contributed by atoms with E-state index in [-0.39, 0.29) is 0 Å². The highest BCUT2D eigenvalue weighted by Crippen LogP contribution is 2.40. The van der Waals surface area contributed by atoms with Crippen LogP contribution in [0.2, 0.25) is 0 Å². The first kappa shape index (κ1) is 14.1. The van der Waals surface area contributed by atoms with Crippen molar-refractivity contribution in [1.82, 2.24) is 10.2 Å². The third-order valence-electron chi connectivity index (χ3n) is 4.81. The topological polar surface area (TPSA) is 35.5 Å². The van der Waals surface area contributed by atoms with Gasteiger partial charge in [0.2, 0.25) is 0 Å². The Morgan fingerprint density at radius 2 is 1.90 bits per heavy atom. The lowest BCUT2D eigenvalue weighted by Gasteiger charge is -2.31. The fraction of sp³-hybridized carbons (Fsp3) is 0.647. The fourth-order valence-electron chi connectivity index (χ4n) is 3.36. The van der Waals surface area contributed by atoms with Crippen molar-refractivity contribution in [2.45, 2.75) is 31.2 Å². The Balaban J connectivity index is 1.36. The van der Waals surface area contributed by atoms with Crippen LogP contribution in [-0.4, -0.2) is 48.8 Å². The smallest absolute Gasteiger partial charge is 0.0558 e. The molecule has 1 saturated heterocycles. The number of likely N-dealkylation sites (tertiary alicyclic amines) is 1. The second kappa shape index (κ2) is 6.70. The van der Waals surface area contributed by atoms with Gasteiger partial charge in [0, 0.05) is 18.5 Å². The predicted octanol–water partition coefficient (Wildman–Crippen LogP) is 1.84. The molecule has 2 N–H and O–H groups in total. The normalized spacial score (nSPS) is 27.6. The average Bonchev–Trinajstić information content (AvgIpc) is 3.27. The van der Waals surface area contributed by atoms with Gasteiger partial charge in [-0.15, -0.1) is 0 Å². The van der Waals surface area contributed by atoms with Crippen LogP contribution < -0.4 is 5.32 Å². The molecule has 3 heteroatoms. The van der Waals surface area contributed by atoms with E-state index in [2.05, 4.69) is 40.5 Å². The summed E-state index contributed by atoms with van der Waals surface area (Å²) in [7, 11) is 0. The Morgan fingerprint density at radius 3 is 2.60 bits per heavy atom. The first-order valence-corrected chi connectivity index (χ1v) is 7.98. The Labute approximate surface area is 122 Å². The van der Waals surface area contributed by atoms with E-state index in [0.717, 1.165) is 31.5 Å². The van der Waals surface area contributed by atoms with Crippen LogP contribution in [0.15, 0.2) is 30.3 Å². The summed E-state index contributed by atoms with van der Waals surface area (Å²) in [5.74, 6) is 1.56. The third kappa shape index (κ3) is 3.60. The highest BCUT2D eigenvalue weighted by atomic mass is 16.3. The molecule has 1 aliphatic carbocycles. The van der Waals surface area contributed by atoms with E-state index in [1.807, 2.05) is 0 Å². The molecule has 0 amide bonds. The molecule has 2 fully saturated rings. The number of aliphatic hydroxyl groups excluding tert-OH is 1. The maximum Gasteiger partial charge on any atom is 0.0558 e. The molecule has 0 unspecified atom stereocenters. The molecular formula is C17H26N2O. The summed E-state index contributed by atoms with van der Waals surface area (Å²) in [5.41, 5.74) is 1.49. The highest BCUT2D eigenvalue weighted by Gasteiger charge is 2.38. The van der Waals surface area contributed by atoms with Gasteiger partial charge in [-0.2, -0.15) is 0 Å². The molecule has 3 nitrogen and oxygen atoms in total. The Hall–Kier alpha value is -0.900. The quantitative estimate of drug-likeness (QED) is 0.831. The number of hydrogen-bond donors (Lipinski definition) is 2. The molecule has 110 valence electrons. The van der Waals surface area contributed by atoms with Gasteiger partial charge in [0.1, 0.15) is 0 Å². The number of nitrogens with one attached hydrogen (secondary N) is 1. The van der Waals surface area contributed by atoms with Crippen LogP contribution in [0.3, 0.4) is 0 Å². The largest absolute Gasteiger partial charge is 0.395 e. The number of hydrogen-bond acceptors (Lipinski definition) is 3. The maximum absolute atomic E-state index is 8.95. The van der Waals surface area contributed by atoms with Crippen LogP contribution in [0.1, 0.15) is 30.7 Å². The molecule has 1 aromatic carbocycles. The van der Waals surface area contributed by atoms with Crippen LogP contribution in [0.4, 0.5) is 0 Å². The molecular weight excluding hydrogens is 248 g/mol. The molecule has 1 aromatic rings. The van der Waals surface area contributed by atoms with Gasteiger partial charge in [-0.05, 0) is 50.4 Å². The van der Waals surface area contributed by atoms with Crippen LogP contribution >= 0.6 is 0 Å². The van der Waals surface area contributed by atoms with Crippen LogP contribution in [0.5, 0.6) is 0 Å².